The zero-order chi connectivity index (χ0) is 18.1. The number of nitrogens with two attached hydrogens (primary N) is 1. The molecule has 4 N–H and O–H groups in total. The number of aliphatic hydroxyl groups is 1. The van der Waals surface area contributed by atoms with Crippen LogP contribution in [0.1, 0.15) is 16.1 Å². The number of aliphatic hydroxyl groups excluding tert-OH is 1. The van der Waals surface area contributed by atoms with E-state index in [1.807, 2.05) is 12.1 Å². The lowest BCUT2D eigenvalue weighted by atomic mass is 10.2. The highest BCUT2D eigenvalue weighted by atomic mass is 79.9. The standard InChI is InChI=1S/C16H19BrN4O4/c17-13-9-19-15(18)14(21-13)16(23)20-12-3-1-2-11(8-12)10-25-7-6-24-5-4-22/h1-3,8-9,22H,4-7,10H2,(H2,18,19)(H,20,23). The fourth-order valence-electron chi connectivity index (χ4n) is 1.95. The van der Waals surface area contributed by atoms with Crippen molar-refractivity contribution in [2.45, 2.75) is 6.61 Å². The summed E-state index contributed by atoms with van der Waals surface area (Å²) in [5.41, 5.74) is 7.24. The third-order valence-electron chi connectivity index (χ3n) is 3.05. The van der Waals surface area contributed by atoms with Crippen molar-refractivity contribution >= 4 is 33.3 Å². The number of hydrogen-bond donors (Lipinski definition) is 3. The van der Waals surface area contributed by atoms with Gasteiger partial charge in [0.25, 0.3) is 5.91 Å². The molecule has 1 aromatic heterocycles. The maximum Gasteiger partial charge on any atom is 0.278 e. The highest BCUT2D eigenvalue weighted by molar-refractivity contribution is 9.10. The van der Waals surface area contributed by atoms with Crippen molar-refractivity contribution in [3.8, 4) is 0 Å². The summed E-state index contributed by atoms with van der Waals surface area (Å²) in [6, 6.07) is 7.26. The van der Waals surface area contributed by atoms with Crippen molar-refractivity contribution in [1.29, 1.82) is 0 Å². The summed E-state index contributed by atoms with van der Waals surface area (Å²) < 4.78 is 11.0. The molecule has 0 atom stereocenters. The summed E-state index contributed by atoms with van der Waals surface area (Å²) in [6.07, 6.45) is 1.42. The molecule has 0 saturated carbocycles. The average molecular weight is 411 g/mol. The molecule has 0 spiro atoms. The first kappa shape index (κ1) is 19.3. The van der Waals surface area contributed by atoms with Gasteiger partial charge in [-0.1, -0.05) is 12.1 Å². The van der Waals surface area contributed by atoms with Gasteiger partial charge in [-0.2, -0.15) is 0 Å². The van der Waals surface area contributed by atoms with Crippen molar-refractivity contribution < 1.29 is 19.4 Å². The molecule has 0 aliphatic carbocycles. The van der Waals surface area contributed by atoms with Crippen LogP contribution in [0.5, 0.6) is 0 Å². The van der Waals surface area contributed by atoms with Crippen LogP contribution in [0.3, 0.4) is 0 Å². The Morgan fingerprint density at radius 2 is 2.08 bits per heavy atom. The molecule has 1 heterocycles. The first-order valence-corrected chi connectivity index (χ1v) is 8.34. The largest absolute Gasteiger partial charge is 0.394 e. The lowest BCUT2D eigenvalue weighted by Gasteiger charge is -2.09. The molecule has 9 heteroatoms. The summed E-state index contributed by atoms with van der Waals surface area (Å²) in [6.45, 7) is 1.50. The summed E-state index contributed by atoms with van der Waals surface area (Å²) in [5, 5.41) is 11.3. The Morgan fingerprint density at radius 1 is 1.28 bits per heavy atom. The molecule has 8 nitrogen and oxygen atoms in total. The average Bonchev–Trinajstić information content (AvgIpc) is 2.60. The van der Waals surface area contributed by atoms with Crippen LogP contribution in [-0.2, 0) is 16.1 Å². The van der Waals surface area contributed by atoms with E-state index in [-0.39, 0.29) is 18.1 Å². The van der Waals surface area contributed by atoms with E-state index in [2.05, 4.69) is 31.2 Å². The van der Waals surface area contributed by atoms with E-state index in [9.17, 15) is 4.79 Å². The van der Waals surface area contributed by atoms with Crippen LogP contribution in [-0.4, -0.2) is 47.4 Å². The smallest absolute Gasteiger partial charge is 0.278 e. The van der Waals surface area contributed by atoms with Gasteiger partial charge >= 0.3 is 0 Å². The van der Waals surface area contributed by atoms with Crippen molar-refractivity contribution in [2.75, 3.05) is 37.5 Å². The number of halogens is 1. The maximum absolute atomic E-state index is 12.3. The summed E-state index contributed by atoms with van der Waals surface area (Å²) in [5.74, 6) is -0.384. The van der Waals surface area contributed by atoms with E-state index >= 15 is 0 Å². The molecule has 0 saturated heterocycles. The van der Waals surface area contributed by atoms with Gasteiger partial charge in [0.15, 0.2) is 11.5 Å². The fraction of sp³-hybridized carbons (Fsp3) is 0.312. The molecule has 134 valence electrons. The van der Waals surface area contributed by atoms with Crippen LogP contribution < -0.4 is 11.1 Å². The van der Waals surface area contributed by atoms with Gasteiger partial charge in [0.05, 0.1) is 39.2 Å². The maximum atomic E-state index is 12.3. The molecule has 2 rings (SSSR count). The number of amides is 1. The highest BCUT2D eigenvalue weighted by Gasteiger charge is 2.13. The highest BCUT2D eigenvalue weighted by Crippen LogP contribution is 2.15. The number of aromatic nitrogens is 2. The number of nitrogens with one attached hydrogen (secondary N) is 1. The number of rotatable bonds is 9. The van der Waals surface area contributed by atoms with Gasteiger partial charge in [-0.3, -0.25) is 4.79 Å². The number of nitrogen functional groups attached to an aromatic ring is 1. The van der Waals surface area contributed by atoms with Crippen molar-refractivity contribution in [3.05, 3.63) is 46.3 Å². The van der Waals surface area contributed by atoms with Gasteiger partial charge in [0.2, 0.25) is 0 Å². The van der Waals surface area contributed by atoms with Crippen molar-refractivity contribution in [2.24, 2.45) is 0 Å². The summed E-state index contributed by atoms with van der Waals surface area (Å²) in [4.78, 5) is 20.2. The first-order valence-electron chi connectivity index (χ1n) is 7.55. The second-order valence-electron chi connectivity index (χ2n) is 4.97. The number of hydrogen-bond acceptors (Lipinski definition) is 7. The van der Waals surface area contributed by atoms with Gasteiger partial charge in [-0.25, -0.2) is 9.97 Å². The Labute approximate surface area is 153 Å². The minimum absolute atomic E-state index is 0.00534. The zero-order valence-corrected chi connectivity index (χ0v) is 15.0. The Bertz CT molecular complexity index is 714. The number of benzene rings is 1. The Hall–Kier alpha value is -2.07. The number of ether oxygens (including phenoxy) is 2. The normalized spacial score (nSPS) is 10.6. The summed E-state index contributed by atoms with van der Waals surface area (Å²) in [7, 11) is 0. The second-order valence-corrected chi connectivity index (χ2v) is 5.78. The number of carbonyl (C=O) groups excluding carboxylic acids is 1. The van der Waals surface area contributed by atoms with Gasteiger partial charge in [0.1, 0.15) is 4.60 Å². The van der Waals surface area contributed by atoms with Gasteiger partial charge < -0.3 is 25.6 Å². The predicted octanol–water partition coefficient (Wildman–Crippen LogP) is 1.60. The lowest BCUT2D eigenvalue weighted by Crippen LogP contribution is -2.17. The Morgan fingerprint density at radius 3 is 2.88 bits per heavy atom. The minimum atomic E-state index is -0.443. The minimum Gasteiger partial charge on any atom is -0.394 e. The van der Waals surface area contributed by atoms with E-state index in [1.54, 1.807) is 12.1 Å². The predicted molar refractivity (Wildman–Crippen MR) is 96.1 cm³/mol. The fourth-order valence-corrected chi connectivity index (χ4v) is 2.23. The Balaban J connectivity index is 1.90. The number of carbonyl (C=O) groups is 1. The lowest BCUT2D eigenvalue weighted by molar-refractivity contribution is 0.0274. The van der Waals surface area contributed by atoms with E-state index in [0.717, 1.165) is 5.56 Å². The van der Waals surface area contributed by atoms with Gasteiger partial charge in [-0.05, 0) is 33.6 Å². The third kappa shape index (κ3) is 6.39. The molecule has 0 unspecified atom stereocenters. The Kier molecular flexibility index (Phi) is 7.74. The third-order valence-corrected chi connectivity index (χ3v) is 3.43. The molecule has 25 heavy (non-hydrogen) atoms. The van der Waals surface area contributed by atoms with E-state index in [0.29, 0.717) is 36.7 Å². The molecule has 0 fully saturated rings. The van der Waals surface area contributed by atoms with E-state index in [4.69, 9.17) is 20.3 Å². The van der Waals surface area contributed by atoms with Crippen molar-refractivity contribution in [1.82, 2.24) is 9.97 Å². The molecule has 2 aromatic rings. The summed E-state index contributed by atoms with van der Waals surface area (Å²) >= 11 is 3.16. The van der Waals surface area contributed by atoms with Crippen LogP contribution in [0.25, 0.3) is 0 Å². The van der Waals surface area contributed by atoms with Crippen LogP contribution in [0.2, 0.25) is 0 Å². The zero-order valence-electron chi connectivity index (χ0n) is 13.4. The molecule has 0 bridgehead atoms. The number of anilines is 2. The number of nitrogens with zero attached hydrogens (tertiary/aromatic N) is 2. The van der Waals surface area contributed by atoms with Crippen LogP contribution in [0.15, 0.2) is 35.1 Å². The van der Waals surface area contributed by atoms with E-state index < -0.39 is 5.91 Å². The molecule has 0 aliphatic rings. The van der Waals surface area contributed by atoms with Gasteiger partial charge in [-0.15, -0.1) is 0 Å². The molecular weight excluding hydrogens is 392 g/mol. The topological polar surface area (TPSA) is 120 Å². The monoisotopic (exact) mass is 410 g/mol. The van der Waals surface area contributed by atoms with Crippen LogP contribution in [0.4, 0.5) is 11.5 Å². The van der Waals surface area contributed by atoms with Crippen LogP contribution in [0, 0.1) is 0 Å². The molecule has 0 radical (unpaired) electrons. The first-order chi connectivity index (χ1) is 12.1. The molecule has 1 amide bonds. The molecular formula is C16H19BrN4O4. The second kappa shape index (κ2) is 10.0. The SMILES string of the molecule is Nc1ncc(Br)nc1C(=O)Nc1cccc(COCCOCCO)c1. The van der Waals surface area contributed by atoms with E-state index in [1.165, 1.54) is 6.20 Å². The van der Waals surface area contributed by atoms with Crippen LogP contribution >= 0.6 is 15.9 Å². The van der Waals surface area contributed by atoms with Crippen molar-refractivity contribution in [3.63, 3.8) is 0 Å². The molecule has 0 aliphatic heterocycles. The molecule has 1 aromatic carbocycles. The van der Waals surface area contributed by atoms with Gasteiger partial charge in [0, 0.05) is 5.69 Å². The quantitative estimate of drug-likeness (QED) is 0.536.